The molecule has 0 aromatic heterocycles. The fraction of sp³-hybridized carbons (Fsp3) is 0.533. The number of carbonyl (C=O) groups is 1. The molecule has 0 atom stereocenters. The number of nitrogens with one attached hydrogen (secondary N) is 1. The van der Waals surface area contributed by atoms with Crippen LogP contribution in [0, 0.1) is 5.82 Å². The smallest absolute Gasteiger partial charge is 0.251 e. The van der Waals surface area contributed by atoms with Crippen molar-refractivity contribution in [2.45, 2.75) is 31.7 Å². The van der Waals surface area contributed by atoms with Gasteiger partial charge in [-0.1, -0.05) is 12.8 Å². The van der Waals surface area contributed by atoms with E-state index in [2.05, 4.69) is 33.2 Å². The minimum absolute atomic E-state index is 0.226. The molecular weight excluding hydrogens is 323 g/mol. The molecule has 0 unspecified atom stereocenters. The van der Waals surface area contributed by atoms with E-state index in [1.165, 1.54) is 31.7 Å². The van der Waals surface area contributed by atoms with Gasteiger partial charge in [0.05, 0.1) is 4.47 Å². The van der Waals surface area contributed by atoms with E-state index < -0.39 is 5.82 Å². The van der Waals surface area contributed by atoms with Crippen molar-refractivity contribution in [1.82, 2.24) is 10.2 Å². The summed E-state index contributed by atoms with van der Waals surface area (Å²) in [6.07, 6.45) is 5.11. The van der Waals surface area contributed by atoms with Gasteiger partial charge in [-0.2, -0.15) is 0 Å². The molecule has 1 aromatic carbocycles. The summed E-state index contributed by atoms with van der Waals surface area (Å²) in [5.41, 5.74) is 0.356. The van der Waals surface area contributed by atoms with Crippen LogP contribution in [-0.4, -0.2) is 37.0 Å². The number of carbonyl (C=O) groups excluding carboxylic acids is 1. The van der Waals surface area contributed by atoms with Crippen molar-refractivity contribution in [3.63, 3.8) is 0 Å². The van der Waals surface area contributed by atoms with E-state index in [1.54, 1.807) is 12.1 Å². The second kappa shape index (κ2) is 7.18. The topological polar surface area (TPSA) is 32.3 Å². The molecule has 110 valence electrons. The van der Waals surface area contributed by atoms with Crippen LogP contribution in [0.25, 0.3) is 0 Å². The lowest BCUT2D eigenvalue weighted by Crippen LogP contribution is -2.37. The number of rotatable bonds is 5. The van der Waals surface area contributed by atoms with Crippen molar-refractivity contribution < 1.29 is 9.18 Å². The maximum atomic E-state index is 13.4. The molecule has 0 aliphatic heterocycles. The van der Waals surface area contributed by atoms with E-state index in [4.69, 9.17) is 0 Å². The highest BCUT2D eigenvalue weighted by atomic mass is 79.9. The Labute approximate surface area is 127 Å². The zero-order chi connectivity index (χ0) is 14.5. The standard InChI is InChI=1S/C15H20BrFN2O/c1-19(12-4-2-3-5-12)9-8-18-15(20)11-6-7-13(16)14(17)10-11/h6-7,10,12H,2-5,8-9H2,1H3,(H,18,20). The molecule has 0 bridgehead atoms. The summed E-state index contributed by atoms with van der Waals surface area (Å²) in [4.78, 5) is 14.2. The number of hydrogen-bond acceptors (Lipinski definition) is 2. The molecule has 1 N–H and O–H groups in total. The summed E-state index contributed by atoms with van der Waals surface area (Å²) in [5.74, 6) is -0.642. The molecule has 1 fully saturated rings. The van der Waals surface area contributed by atoms with Crippen LogP contribution in [0.4, 0.5) is 4.39 Å². The number of nitrogens with zero attached hydrogens (tertiary/aromatic N) is 1. The van der Waals surface area contributed by atoms with Gasteiger partial charge in [-0.05, 0) is 54.0 Å². The largest absolute Gasteiger partial charge is 0.351 e. The van der Waals surface area contributed by atoms with E-state index in [0.29, 0.717) is 22.6 Å². The molecule has 3 nitrogen and oxygen atoms in total. The summed E-state index contributed by atoms with van der Waals surface area (Å²) in [6, 6.07) is 5.06. The van der Waals surface area contributed by atoms with Gasteiger partial charge in [0, 0.05) is 24.7 Å². The summed E-state index contributed by atoms with van der Waals surface area (Å²) >= 11 is 3.07. The molecule has 1 amide bonds. The number of likely N-dealkylation sites (N-methyl/N-ethyl adjacent to an activating group) is 1. The minimum Gasteiger partial charge on any atom is -0.351 e. The zero-order valence-electron chi connectivity index (χ0n) is 11.7. The van der Waals surface area contributed by atoms with Gasteiger partial charge in [0.25, 0.3) is 5.91 Å². The van der Waals surface area contributed by atoms with Crippen molar-refractivity contribution in [3.05, 3.63) is 34.1 Å². The molecule has 0 radical (unpaired) electrons. The first-order valence-electron chi connectivity index (χ1n) is 7.01. The molecule has 5 heteroatoms. The first kappa shape index (κ1) is 15.4. The molecule has 0 heterocycles. The maximum absolute atomic E-state index is 13.4. The molecule has 0 saturated heterocycles. The van der Waals surface area contributed by atoms with E-state index in [9.17, 15) is 9.18 Å². The summed E-state index contributed by atoms with van der Waals surface area (Å²) in [7, 11) is 2.10. The predicted molar refractivity (Wildman–Crippen MR) is 81.3 cm³/mol. The number of hydrogen-bond donors (Lipinski definition) is 1. The van der Waals surface area contributed by atoms with Crippen LogP contribution in [0.15, 0.2) is 22.7 Å². The van der Waals surface area contributed by atoms with Crippen molar-refractivity contribution in [3.8, 4) is 0 Å². The van der Waals surface area contributed by atoms with Gasteiger partial charge >= 0.3 is 0 Å². The van der Waals surface area contributed by atoms with E-state index in [1.807, 2.05) is 0 Å². The van der Waals surface area contributed by atoms with Gasteiger partial charge in [0.2, 0.25) is 0 Å². The normalized spacial score (nSPS) is 15.8. The number of amides is 1. The quantitative estimate of drug-likeness (QED) is 0.891. The monoisotopic (exact) mass is 342 g/mol. The van der Waals surface area contributed by atoms with Gasteiger partial charge in [-0.25, -0.2) is 4.39 Å². The van der Waals surface area contributed by atoms with Gasteiger partial charge in [0.15, 0.2) is 0 Å². The summed E-state index contributed by atoms with van der Waals surface area (Å²) in [5, 5.41) is 2.84. The third-order valence-corrected chi connectivity index (χ3v) is 4.52. The molecule has 20 heavy (non-hydrogen) atoms. The Morgan fingerprint density at radius 3 is 2.80 bits per heavy atom. The first-order chi connectivity index (χ1) is 9.58. The van der Waals surface area contributed by atoms with E-state index >= 15 is 0 Å². The van der Waals surface area contributed by atoms with Crippen LogP contribution in [0.5, 0.6) is 0 Å². The van der Waals surface area contributed by atoms with Gasteiger partial charge in [-0.15, -0.1) is 0 Å². The number of benzene rings is 1. The average molecular weight is 343 g/mol. The Morgan fingerprint density at radius 1 is 1.45 bits per heavy atom. The predicted octanol–water partition coefficient (Wildman–Crippen LogP) is 3.19. The van der Waals surface area contributed by atoms with Gasteiger partial charge in [0.1, 0.15) is 5.82 Å². The Balaban J connectivity index is 1.78. The molecule has 1 aliphatic rings. The molecular formula is C15H20BrFN2O. The summed E-state index contributed by atoms with van der Waals surface area (Å²) < 4.78 is 13.7. The van der Waals surface area contributed by atoms with Gasteiger partial charge < -0.3 is 10.2 Å². The Morgan fingerprint density at radius 2 is 2.15 bits per heavy atom. The van der Waals surface area contributed by atoms with Crippen LogP contribution in [0.1, 0.15) is 36.0 Å². The van der Waals surface area contributed by atoms with Crippen LogP contribution < -0.4 is 5.32 Å². The molecule has 0 spiro atoms. The minimum atomic E-state index is -0.416. The van der Waals surface area contributed by atoms with Crippen LogP contribution in [0.3, 0.4) is 0 Å². The van der Waals surface area contributed by atoms with Crippen molar-refractivity contribution in [1.29, 1.82) is 0 Å². The summed E-state index contributed by atoms with van der Waals surface area (Å²) in [6.45, 7) is 1.42. The molecule has 1 saturated carbocycles. The van der Waals surface area contributed by atoms with Crippen LogP contribution >= 0.6 is 15.9 Å². The lowest BCUT2D eigenvalue weighted by Gasteiger charge is -2.23. The molecule has 2 rings (SSSR count). The van der Waals surface area contributed by atoms with Crippen LogP contribution in [-0.2, 0) is 0 Å². The highest BCUT2D eigenvalue weighted by molar-refractivity contribution is 9.10. The Hall–Kier alpha value is -0.940. The zero-order valence-corrected chi connectivity index (χ0v) is 13.2. The average Bonchev–Trinajstić information content (AvgIpc) is 2.95. The third kappa shape index (κ3) is 4.03. The molecule has 1 aliphatic carbocycles. The van der Waals surface area contributed by atoms with E-state index in [-0.39, 0.29) is 5.91 Å². The third-order valence-electron chi connectivity index (χ3n) is 3.88. The Kier molecular flexibility index (Phi) is 5.54. The molecule has 1 aromatic rings. The Bertz CT molecular complexity index is 475. The second-order valence-corrected chi connectivity index (χ2v) is 6.16. The van der Waals surface area contributed by atoms with Crippen LogP contribution in [0.2, 0.25) is 0 Å². The fourth-order valence-corrected chi connectivity index (χ4v) is 2.86. The maximum Gasteiger partial charge on any atom is 0.251 e. The highest BCUT2D eigenvalue weighted by Gasteiger charge is 2.19. The SMILES string of the molecule is CN(CCNC(=O)c1ccc(Br)c(F)c1)C1CCCC1. The first-order valence-corrected chi connectivity index (χ1v) is 7.80. The van der Waals surface area contributed by atoms with Crippen molar-refractivity contribution in [2.24, 2.45) is 0 Å². The van der Waals surface area contributed by atoms with Crippen molar-refractivity contribution in [2.75, 3.05) is 20.1 Å². The van der Waals surface area contributed by atoms with Gasteiger partial charge in [-0.3, -0.25) is 4.79 Å². The lowest BCUT2D eigenvalue weighted by molar-refractivity contribution is 0.0946. The van der Waals surface area contributed by atoms with E-state index in [0.717, 1.165) is 6.54 Å². The second-order valence-electron chi connectivity index (χ2n) is 5.30. The number of halogens is 2. The fourth-order valence-electron chi connectivity index (χ4n) is 2.61. The lowest BCUT2D eigenvalue weighted by atomic mass is 10.2. The highest BCUT2D eigenvalue weighted by Crippen LogP contribution is 2.21. The van der Waals surface area contributed by atoms with Crippen molar-refractivity contribution >= 4 is 21.8 Å².